The summed E-state index contributed by atoms with van der Waals surface area (Å²) in [6, 6.07) is 23.4. The van der Waals surface area contributed by atoms with Crippen LogP contribution in [-0.2, 0) is 6.61 Å². The van der Waals surface area contributed by atoms with Crippen molar-refractivity contribution in [2.24, 2.45) is 0 Å². The van der Waals surface area contributed by atoms with E-state index in [1.807, 2.05) is 47.8 Å². The molecule has 0 spiro atoms. The Bertz CT molecular complexity index is 1150. The Morgan fingerprint density at radius 2 is 1.77 bits per heavy atom. The maximum atomic E-state index is 12.6. The topological polar surface area (TPSA) is 51.2 Å². The Morgan fingerprint density at radius 3 is 2.53 bits per heavy atom. The van der Waals surface area contributed by atoms with Gasteiger partial charge >= 0.3 is 0 Å². The highest BCUT2D eigenvalue weighted by atomic mass is 32.1. The van der Waals surface area contributed by atoms with Crippen molar-refractivity contribution in [1.29, 1.82) is 0 Å². The molecule has 0 radical (unpaired) electrons. The van der Waals surface area contributed by atoms with E-state index in [-0.39, 0.29) is 5.91 Å². The Labute approximate surface area is 180 Å². The van der Waals surface area contributed by atoms with Crippen LogP contribution in [0.25, 0.3) is 11.3 Å². The van der Waals surface area contributed by atoms with Crippen LogP contribution in [0, 0.1) is 13.8 Å². The number of nitrogens with one attached hydrogen (secondary N) is 1. The van der Waals surface area contributed by atoms with Gasteiger partial charge in [-0.15, -0.1) is 11.3 Å². The number of ether oxygens (including phenoxy) is 1. The quantitative estimate of drug-likeness (QED) is 0.405. The highest BCUT2D eigenvalue weighted by Gasteiger charge is 2.11. The van der Waals surface area contributed by atoms with Crippen molar-refractivity contribution in [2.75, 3.05) is 5.32 Å². The first-order valence-corrected chi connectivity index (χ1v) is 10.6. The minimum Gasteiger partial charge on any atom is -0.489 e. The Morgan fingerprint density at radius 1 is 1.00 bits per heavy atom. The molecule has 3 aromatic carbocycles. The summed E-state index contributed by atoms with van der Waals surface area (Å²) in [5.74, 6) is 0.648. The van der Waals surface area contributed by atoms with Gasteiger partial charge in [-0.05, 0) is 55.3 Å². The molecule has 0 aliphatic heterocycles. The van der Waals surface area contributed by atoms with E-state index in [0.29, 0.717) is 17.3 Å². The maximum absolute atomic E-state index is 12.6. The second kappa shape index (κ2) is 8.93. The number of hydrogen-bond acceptors (Lipinski definition) is 4. The molecule has 5 heteroatoms. The third kappa shape index (κ3) is 4.75. The molecule has 0 aliphatic rings. The van der Waals surface area contributed by atoms with Crippen LogP contribution in [0.15, 0.2) is 78.2 Å². The summed E-state index contributed by atoms with van der Waals surface area (Å²) < 4.78 is 5.74. The summed E-state index contributed by atoms with van der Waals surface area (Å²) >= 11 is 1.43. The number of para-hydroxylation sites is 1. The van der Waals surface area contributed by atoms with Crippen LogP contribution in [0.3, 0.4) is 0 Å². The van der Waals surface area contributed by atoms with Gasteiger partial charge in [0.15, 0.2) is 5.13 Å². The van der Waals surface area contributed by atoms with Gasteiger partial charge in [0.05, 0.1) is 5.69 Å². The van der Waals surface area contributed by atoms with Crippen molar-refractivity contribution < 1.29 is 9.53 Å². The molecule has 0 atom stereocenters. The lowest BCUT2D eigenvalue weighted by molar-refractivity contribution is 0.102. The number of aryl methyl sites for hydroxylation is 2. The summed E-state index contributed by atoms with van der Waals surface area (Å²) in [7, 11) is 0. The molecule has 150 valence electrons. The Kier molecular flexibility index (Phi) is 5.91. The summed E-state index contributed by atoms with van der Waals surface area (Å²) in [6.45, 7) is 4.58. The molecule has 4 nitrogen and oxygen atoms in total. The van der Waals surface area contributed by atoms with Crippen LogP contribution < -0.4 is 10.1 Å². The maximum Gasteiger partial charge on any atom is 0.257 e. The van der Waals surface area contributed by atoms with Gasteiger partial charge in [-0.2, -0.15) is 0 Å². The lowest BCUT2D eigenvalue weighted by atomic mass is 10.0. The van der Waals surface area contributed by atoms with Crippen molar-refractivity contribution in [1.82, 2.24) is 4.98 Å². The fourth-order valence-corrected chi connectivity index (χ4v) is 3.78. The van der Waals surface area contributed by atoms with Crippen molar-refractivity contribution in [2.45, 2.75) is 20.5 Å². The number of carbonyl (C=O) groups is 1. The zero-order valence-electron chi connectivity index (χ0n) is 16.9. The number of carbonyl (C=O) groups excluding carboxylic acids is 1. The third-order valence-corrected chi connectivity index (χ3v) is 5.52. The van der Waals surface area contributed by atoms with Gasteiger partial charge in [0, 0.05) is 16.5 Å². The van der Waals surface area contributed by atoms with Crippen LogP contribution >= 0.6 is 11.3 Å². The summed E-state index contributed by atoms with van der Waals surface area (Å²) in [6.07, 6.45) is 0. The highest BCUT2D eigenvalue weighted by Crippen LogP contribution is 2.28. The van der Waals surface area contributed by atoms with E-state index >= 15 is 0 Å². The number of nitrogens with zero attached hydrogens (tertiary/aromatic N) is 1. The number of thiazole rings is 1. The van der Waals surface area contributed by atoms with Crippen LogP contribution in [-0.4, -0.2) is 10.9 Å². The molecule has 4 rings (SSSR count). The van der Waals surface area contributed by atoms with E-state index in [1.54, 1.807) is 12.1 Å². The molecule has 0 saturated heterocycles. The van der Waals surface area contributed by atoms with E-state index in [2.05, 4.69) is 42.3 Å². The molecule has 1 N–H and O–H groups in total. The molecule has 1 heterocycles. The van der Waals surface area contributed by atoms with Gasteiger partial charge in [0.1, 0.15) is 12.4 Å². The summed E-state index contributed by atoms with van der Waals surface area (Å²) in [5.41, 5.74) is 5.91. The molecule has 0 fully saturated rings. The molecule has 0 unspecified atom stereocenters. The second-order valence-electron chi connectivity index (χ2n) is 7.11. The summed E-state index contributed by atoms with van der Waals surface area (Å²) in [4.78, 5) is 17.2. The SMILES string of the molecule is Cc1ccc(C)c(-c2csc(NC(=O)c3ccc(COc4ccccc4)cc3)n2)c1. The molecule has 30 heavy (non-hydrogen) atoms. The normalized spacial score (nSPS) is 10.6. The second-order valence-corrected chi connectivity index (χ2v) is 7.97. The Hall–Kier alpha value is -3.44. The predicted octanol–water partition coefficient (Wildman–Crippen LogP) is 6.26. The first-order chi connectivity index (χ1) is 14.6. The molecular formula is C25H22N2O2S. The fourth-order valence-electron chi connectivity index (χ4n) is 3.07. The molecule has 0 bridgehead atoms. The van der Waals surface area contributed by atoms with Crippen LogP contribution in [0.5, 0.6) is 5.75 Å². The van der Waals surface area contributed by atoms with Crippen LogP contribution in [0.1, 0.15) is 27.0 Å². The van der Waals surface area contributed by atoms with Crippen molar-refractivity contribution in [3.8, 4) is 17.0 Å². The van der Waals surface area contributed by atoms with Gasteiger partial charge in [-0.25, -0.2) is 4.98 Å². The smallest absolute Gasteiger partial charge is 0.257 e. The van der Waals surface area contributed by atoms with Gasteiger partial charge < -0.3 is 4.74 Å². The van der Waals surface area contributed by atoms with Gasteiger partial charge in [-0.1, -0.05) is 48.0 Å². The molecular weight excluding hydrogens is 392 g/mol. The zero-order chi connectivity index (χ0) is 20.9. The minimum absolute atomic E-state index is 0.174. The lowest BCUT2D eigenvalue weighted by Crippen LogP contribution is -2.11. The minimum atomic E-state index is -0.174. The fraction of sp³-hybridized carbons (Fsp3) is 0.120. The number of rotatable bonds is 6. The highest BCUT2D eigenvalue weighted by molar-refractivity contribution is 7.14. The van der Waals surface area contributed by atoms with E-state index < -0.39 is 0 Å². The summed E-state index contributed by atoms with van der Waals surface area (Å²) in [5, 5.41) is 5.46. The van der Waals surface area contributed by atoms with Gasteiger partial charge in [-0.3, -0.25) is 10.1 Å². The number of benzene rings is 3. The molecule has 1 amide bonds. The van der Waals surface area contributed by atoms with Gasteiger partial charge in [0.25, 0.3) is 5.91 Å². The third-order valence-electron chi connectivity index (χ3n) is 4.76. The average Bonchev–Trinajstić information content (AvgIpc) is 3.23. The molecule has 1 aromatic heterocycles. The number of amides is 1. The number of hydrogen-bond donors (Lipinski definition) is 1. The van der Waals surface area contributed by atoms with Crippen LogP contribution in [0.4, 0.5) is 5.13 Å². The van der Waals surface area contributed by atoms with E-state index in [0.717, 1.165) is 28.1 Å². The van der Waals surface area contributed by atoms with E-state index in [9.17, 15) is 4.79 Å². The monoisotopic (exact) mass is 414 g/mol. The standard InChI is InChI=1S/C25H22N2O2S/c1-17-8-9-18(2)22(14-17)23-16-30-25(26-23)27-24(28)20-12-10-19(11-13-20)15-29-21-6-4-3-5-7-21/h3-14,16H,15H2,1-2H3,(H,26,27,28). The molecule has 4 aromatic rings. The van der Waals surface area contributed by atoms with E-state index in [4.69, 9.17) is 4.74 Å². The first kappa shape index (κ1) is 19.9. The molecule has 0 aliphatic carbocycles. The Balaban J connectivity index is 1.39. The average molecular weight is 415 g/mol. The van der Waals surface area contributed by atoms with Crippen molar-refractivity contribution in [3.63, 3.8) is 0 Å². The number of aromatic nitrogens is 1. The van der Waals surface area contributed by atoms with E-state index in [1.165, 1.54) is 16.9 Å². The van der Waals surface area contributed by atoms with Crippen molar-refractivity contribution >= 4 is 22.4 Å². The van der Waals surface area contributed by atoms with Crippen LogP contribution in [0.2, 0.25) is 0 Å². The molecule has 0 saturated carbocycles. The van der Waals surface area contributed by atoms with Gasteiger partial charge in [0.2, 0.25) is 0 Å². The van der Waals surface area contributed by atoms with Crippen molar-refractivity contribution in [3.05, 3.63) is 100 Å². The number of anilines is 1. The largest absolute Gasteiger partial charge is 0.489 e. The lowest BCUT2D eigenvalue weighted by Gasteiger charge is -2.07. The predicted molar refractivity (Wildman–Crippen MR) is 122 cm³/mol. The first-order valence-electron chi connectivity index (χ1n) is 9.70. The zero-order valence-corrected chi connectivity index (χ0v) is 17.7.